The van der Waals surface area contributed by atoms with Gasteiger partial charge in [-0.15, -0.1) is 0 Å². The van der Waals surface area contributed by atoms with Crippen LogP contribution < -0.4 is 0 Å². The molecule has 1 amide bonds. The van der Waals surface area contributed by atoms with Crippen LogP contribution >= 0.6 is 0 Å². The second kappa shape index (κ2) is 5.41. The molecule has 5 nitrogen and oxygen atoms in total. The van der Waals surface area contributed by atoms with Crippen molar-refractivity contribution in [3.63, 3.8) is 0 Å². The molecule has 0 bridgehead atoms. The van der Waals surface area contributed by atoms with Gasteiger partial charge in [0.25, 0.3) is 0 Å². The molecule has 1 aromatic heterocycles. The maximum absolute atomic E-state index is 12.5. The van der Waals surface area contributed by atoms with E-state index in [0.29, 0.717) is 13.0 Å². The Balaban J connectivity index is 1.60. The largest absolute Gasteiger partial charge is 0.480 e. The lowest BCUT2D eigenvalue weighted by molar-refractivity contribution is -0.147. The predicted molar refractivity (Wildman–Crippen MR) is 84.3 cm³/mol. The van der Waals surface area contributed by atoms with Crippen LogP contribution in [0.25, 0.3) is 11.0 Å². The van der Waals surface area contributed by atoms with E-state index in [4.69, 9.17) is 4.42 Å². The third-order valence-corrected chi connectivity index (χ3v) is 5.07. The molecule has 4 rings (SSSR count). The zero-order chi connectivity index (χ0) is 16.0. The molecule has 5 heteroatoms. The van der Waals surface area contributed by atoms with E-state index in [2.05, 4.69) is 12.1 Å². The second-order valence-corrected chi connectivity index (χ2v) is 6.49. The number of rotatable bonds is 3. The van der Waals surface area contributed by atoms with Gasteiger partial charge in [0.05, 0.1) is 12.7 Å². The second-order valence-electron chi connectivity index (χ2n) is 6.49. The summed E-state index contributed by atoms with van der Waals surface area (Å²) in [6.45, 7) is 0.529. The zero-order valence-corrected chi connectivity index (χ0v) is 12.9. The van der Waals surface area contributed by atoms with Gasteiger partial charge in [-0.25, -0.2) is 4.79 Å². The summed E-state index contributed by atoms with van der Waals surface area (Å²) in [6.07, 6.45) is 6.48. The fourth-order valence-electron chi connectivity index (χ4n) is 3.87. The van der Waals surface area contributed by atoms with Crippen molar-refractivity contribution in [3.8, 4) is 0 Å². The highest BCUT2D eigenvalue weighted by Crippen LogP contribution is 2.31. The lowest BCUT2D eigenvalue weighted by Crippen LogP contribution is -2.41. The van der Waals surface area contributed by atoms with Crippen LogP contribution in [0.4, 0.5) is 0 Å². The number of benzene rings is 1. The van der Waals surface area contributed by atoms with E-state index in [1.54, 1.807) is 6.26 Å². The van der Waals surface area contributed by atoms with Crippen LogP contribution in [0.15, 0.2) is 22.8 Å². The van der Waals surface area contributed by atoms with Crippen LogP contribution in [-0.4, -0.2) is 34.5 Å². The number of carboxylic acid groups (broad SMARTS) is 1. The molecule has 0 spiro atoms. The van der Waals surface area contributed by atoms with Crippen molar-refractivity contribution in [2.45, 2.75) is 44.6 Å². The van der Waals surface area contributed by atoms with Gasteiger partial charge < -0.3 is 14.4 Å². The van der Waals surface area contributed by atoms with Gasteiger partial charge in [0.1, 0.15) is 11.6 Å². The van der Waals surface area contributed by atoms with Crippen LogP contribution in [0.3, 0.4) is 0 Å². The van der Waals surface area contributed by atoms with Crippen molar-refractivity contribution in [1.29, 1.82) is 0 Å². The molecular formula is C18H19NO4. The van der Waals surface area contributed by atoms with E-state index < -0.39 is 12.0 Å². The zero-order valence-electron chi connectivity index (χ0n) is 12.9. The molecule has 0 saturated carbocycles. The molecule has 120 valence electrons. The molecule has 1 aromatic carbocycles. The number of carbonyl (C=O) groups is 2. The summed E-state index contributed by atoms with van der Waals surface area (Å²) in [5, 5.41) is 10.2. The Morgan fingerprint density at radius 1 is 1.22 bits per heavy atom. The van der Waals surface area contributed by atoms with Crippen LogP contribution in [0.2, 0.25) is 0 Å². The third-order valence-electron chi connectivity index (χ3n) is 5.07. The molecule has 1 aliphatic carbocycles. The monoisotopic (exact) mass is 313 g/mol. The topological polar surface area (TPSA) is 70.8 Å². The standard InChI is InChI=1S/C18H19NO4/c20-17(19-6-2-5-15(19)18(21)22)9-13-10-23-16-8-12-4-1-3-11(12)7-14(13)16/h7-8,10,15H,1-6,9H2,(H,21,22)/t15-/m0/s1. The number of carbonyl (C=O) groups excluding carboxylic acids is 1. The predicted octanol–water partition coefficient (Wildman–Crippen LogP) is 2.54. The summed E-state index contributed by atoms with van der Waals surface area (Å²) in [6, 6.07) is 3.55. The number of furan rings is 1. The van der Waals surface area contributed by atoms with Crippen molar-refractivity contribution >= 4 is 22.8 Å². The number of aliphatic carboxylic acids is 1. The molecule has 1 fully saturated rings. The van der Waals surface area contributed by atoms with Crippen LogP contribution in [0.5, 0.6) is 0 Å². The Hall–Kier alpha value is -2.30. The summed E-state index contributed by atoms with van der Waals surface area (Å²) in [7, 11) is 0. The summed E-state index contributed by atoms with van der Waals surface area (Å²) in [5.74, 6) is -1.04. The Labute approximate surface area is 133 Å². The molecule has 1 aliphatic heterocycles. The minimum absolute atomic E-state index is 0.127. The Morgan fingerprint density at radius 2 is 2.00 bits per heavy atom. The van der Waals surface area contributed by atoms with Gasteiger partial charge in [0, 0.05) is 17.5 Å². The van der Waals surface area contributed by atoms with Crippen LogP contribution in [0.1, 0.15) is 36.0 Å². The lowest BCUT2D eigenvalue weighted by Gasteiger charge is -2.21. The molecule has 1 N–H and O–H groups in total. The fraction of sp³-hybridized carbons (Fsp3) is 0.444. The molecule has 0 radical (unpaired) electrons. The number of carboxylic acids is 1. The van der Waals surface area contributed by atoms with Crippen molar-refractivity contribution in [1.82, 2.24) is 4.90 Å². The number of aryl methyl sites for hydroxylation is 2. The highest BCUT2D eigenvalue weighted by Gasteiger charge is 2.34. The number of amides is 1. The number of fused-ring (bicyclic) bond motifs is 2. The van der Waals surface area contributed by atoms with Crippen LogP contribution in [-0.2, 0) is 28.9 Å². The molecular weight excluding hydrogens is 294 g/mol. The van der Waals surface area contributed by atoms with E-state index in [1.807, 2.05) is 0 Å². The first-order valence-corrected chi connectivity index (χ1v) is 8.17. The molecule has 23 heavy (non-hydrogen) atoms. The molecule has 1 atom stereocenters. The van der Waals surface area contributed by atoms with Gasteiger partial charge in [0.2, 0.25) is 5.91 Å². The van der Waals surface area contributed by atoms with Gasteiger partial charge in [-0.1, -0.05) is 0 Å². The average Bonchev–Trinajstić information content (AvgIpc) is 3.24. The van der Waals surface area contributed by atoms with E-state index >= 15 is 0 Å². The van der Waals surface area contributed by atoms with Gasteiger partial charge in [-0.3, -0.25) is 4.79 Å². The first-order chi connectivity index (χ1) is 11.1. The average molecular weight is 313 g/mol. The highest BCUT2D eigenvalue weighted by atomic mass is 16.4. The minimum Gasteiger partial charge on any atom is -0.480 e. The molecule has 0 unspecified atom stereocenters. The molecule has 2 aromatic rings. The number of hydrogen-bond acceptors (Lipinski definition) is 3. The summed E-state index contributed by atoms with van der Waals surface area (Å²) < 4.78 is 5.63. The number of nitrogens with zero attached hydrogens (tertiary/aromatic N) is 1. The first-order valence-electron chi connectivity index (χ1n) is 8.17. The van der Waals surface area contributed by atoms with E-state index in [-0.39, 0.29) is 12.3 Å². The van der Waals surface area contributed by atoms with E-state index in [0.717, 1.165) is 35.8 Å². The minimum atomic E-state index is -0.911. The fourth-order valence-corrected chi connectivity index (χ4v) is 3.87. The third kappa shape index (κ3) is 2.40. The first kappa shape index (κ1) is 14.3. The Bertz CT molecular complexity index is 792. The van der Waals surface area contributed by atoms with Crippen molar-refractivity contribution in [3.05, 3.63) is 35.1 Å². The maximum atomic E-state index is 12.5. The van der Waals surface area contributed by atoms with E-state index in [9.17, 15) is 14.7 Å². The van der Waals surface area contributed by atoms with E-state index in [1.165, 1.54) is 22.4 Å². The van der Waals surface area contributed by atoms with Crippen LogP contribution in [0, 0.1) is 0 Å². The summed E-state index contributed by atoms with van der Waals surface area (Å²) >= 11 is 0. The maximum Gasteiger partial charge on any atom is 0.326 e. The van der Waals surface area contributed by atoms with Crippen molar-refractivity contribution < 1.29 is 19.1 Å². The SMILES string of the molecule is O=C(O)[C@@H]1CCCN1C(=O)Cc1coc2cc3c(cc12)CCC3. The van der Waals surface area contributed by atoms with Crippen molar-refractivity contribution in [2.75, 3.05) is 6.54 Å². The van der Waals surface area contributed by atoms with Gasteiger partial charge in [-0.2, -0.15) is 0 Å². The Morgan fingerprint density at radius 3 is 2.78 bits per heavy atom. The quantitative estimate of drug-likeness (QED) is 0.945. The highest BCUT2D eigenvalue weighted by molar-refractivity contribution is 5.90. The van der Waals surface area contributed by atoms with Gasteiger partial charge in [-0.05, 0) is 55.4 Å². The lowest BCUT2D eigenvalue weighted by atomic mass is 10.0. The molecule has 2 heterocycles. The van der Waals surface area contributed by atoms with Crippen molar-refractivity contribution in [2.24, 2.45) is 0 Å². The number of hydrogen-bond donors (Lipinski definition) is 1. The number of likely N-dealkylation sites (tertiary alicyclic amines) is 1. The normalized spacial score (nSPS) is 20.2. The molecule has 1 saturated heterocycles. The smallest absolute Gasteiger partial charge is 0.326 e. The summed E-state index contributed by atoms with van der Waals surface area (Å²) in [4.78, 5) is 25.3. The van der Waals surface area contributed by atoms with Gasteiger partial charge >= 0.3 is 5.97 Å². The Kier molecular flexibility index (Phi) is 3.36. The van der Waals surface area contributed by atoms with Gasteiger partial charge in [0.15, 0.2) is 0 Å². The molecule has 2 aliphatic rings. The summed E-state index contributed by atoms with van der Waals surface area (Å²) in [5.41, 5.74) is 4.37.